The summed E-state index contributed by atoms with van der Waals surface area (Å²) in [5, 5.41) is 15.0. The van der Waals surface area contributed by atoms with Gasteiger partial charge in [0, 0.05) is 37.3 Å². The van der Waals surface area contributed by atoms with E-state index >= 15 is 0 Å². The molecule has 0 radical (unpaired) electrons. The molecule has 2 aromatic heterocycles. The number of likely N-dealkylation sites (N-methyl/N-ethyl adjacent to an activating group) is 1. The number of hydrogen-bond acceptors (Lipinski definition) is 7. The van der Waals surface area contributed by atoms with Crippen LogP contribution in [0.15, 0.2) is 40.9 Å². The molecule has 3 N–H and O–H groups in total. The Morgan fingerprint density at radius 3 is 2.65 bits per heavy atom. The number of rotatable bonds is 5. The van der Waals surface area contributed by atoms with E-state index in [9.17, 15) is 27.5 Å². The first-order valence-corrected chi connectivity index (χ1v) is 10.1. The van der Waals surface area contributed by atoms with E-state index in [1.807, 2.05) is 0 Å². The zero-order valence-corrected chi connectivity index (χ0v) is 18.1. The number of pyridine rings is 1. The van der Waals surface area contributed by atoms with Gasteiger partial charge < -0.3 is 20.1 Å². The monoisotopic (exact) mass is 480 g/mol. The standard InChI is InChI=1S/C22H20F4N4O4/c1-30-6-5-21(32,20(30)33-2)18-10-15(29-34-18)11-3-4-14(23)13(7-11)16-8-12(22(24,25)26)9-17(28-16)19(27)31/h3-4,7-10,20,32H,5-6H2,1-2H3,(H2,27,31)/t20?,21-/m1/s1. The van der Waals surface area contributed by atoms with Crippen molar-refractivity contribution in [3.63, 3.8) is 0 Å². The first kappa shape index (κ1) is 23.8. The van der Waals surface area contributed by atoms with E-state index in [0.717, 1.165) is 6.07 Å². The topological polar surface area (TPSA) is 115 Å². The summed E-state index contributed by atoms with van der Waals surface area (Å²) in [6.07, 6.45) is -5.17. The maximum atomic E-state index is 14.6. The van der Waals surface area contributed by atoms with Gasteiger partial charge >= 0.3 is 6.18 Å². The molecule has 1 aliphatic heterocycles. The molecule has 3 aromatic rings. The van der Waals surface area contributed by atoms with Crippen LogP contribution in [-0.2, 0) is 16.5 Å². The van der Waals surface area contributed by atoms with Crippen LogP contribution in [0.4, 0.5) is 17.6 Å². The van der Waals surface area contributed by atoms with Gasteiger partial charge in [0.2, 0.25) is 0 Å². The number of nitrogens with zero attached hydrogens (tertiary/aromatic N) is 3. The summed E-state index contributed by atoms with van der Waals surface area (Å²) in [5.41, 5.74) is 1.55. The zero-order chi connectivity index (χ0) is 24.8. The third kappa shape index (κ3) is 4.15. The highest BCUT2D eigenvalue weighted by molar-refractivity contribution is 5.91. The predicted molar refractivity (Wildman–Crippen MR) is 111 cm³/mol. The van der Waals surface area contributed by atoms with Crippen molar-refractivity contribution in [1.82, 2.24) is 15.0 Å². The minimum Gasteiger partial charge on any atom is -0.378 e. The molecule has 0 spiro atoms. The highest BCUT2D eigenvalue weighted by Gasteiger charge is 2.49. The van der Waals surface area contributed by atoms with Gasteiger partial charge in [-0.15, -0.1) is 0 Å². The van der Waals surface area contributed by atoms with Crippen molar-refractivity contribution in [3.05, 3.63) is 59.2 Å². The van der Waals surface area contributed by atoms with Crippen LogP contribution in [0.1, 0.15) is 28.2 Å². The van der Waals surface area contributed by atoms with Gasteiger partial charge in [0.1, 0.15) is 23.4 Å². The Morgan fingerprint density at radius 1 is 1.26 bits per heavy atom. The van der Waals surface area contributed by atoms with Crippen molar-refractivity contribution in [2.45, 2.75) is 24.4 Å². The van der Waals surface area contributed by atoms with Crippen LogP contribution in [0.2, 0.25) is 0 Å². The van der Waals surface area contributed by atoms with Crippen molar-refractivity contribution in [3.8, 4) is 22.5 Å². The number of amides is 1. The molecule has 0 aliphatic carbocycles. The maximum absolute atomic E-state index is 14.6. The molecule has 2 atom stereocenters. The SMILES string of the molecule is COC1N(C)CC[C@@]1(O)c1cc(-c2ccc(F)c(-c3cc(C(F)(F)F)cc(C(N)=O)n3)c2)no1. The molecule has 1 amide bonds. The van der Waals surface area contributed by atoms with Crippen LogP contribution in [0.3, 0.4) is 0 Å². The second-order valence-corrected chi connectivity index (χ2v) is 8.00. The van der Waals surface area contributed by atoms with Crippen LogP contribution in [-0.4, -0.2) is 53.0 Å². The Bertz CT molecular complexity index is 1250. The Hall–Kier alpha value is -3.35. The van der Waals surface area contributed by atoms with E-state index in [2.05, 4.69) is 10.1 Å². The molecule has 180 valence electrons. The van der Waals surface area contributed by atoms with Gasteiger partial charge in [-0.3, -0.25) is 9.69 Å². The molecule has 1 saturated heterocycles. The van der Waals surface area contributed by atoms with Crippen molar-refractivity contribution in [1.29, 1.82) is 0 Å². The minimum atomic E-state index is -4.81. The quantitative estimate of drug-likeness (QED) is 0.539. The molecule has 1 aliphatic rings. The number of methoxy groups -OCH3 is 1. The Morgan fingerprint density at radius 2 is 2.00 bits per heavy atom. The number of alkyl halides is 3. The molecule has 1 unspecified atom stereocenters. The van der Waals surface area contributed by atoms with Gasteiger partial charge in [-0.25, -0.2) is 9.37 Å². The van der Waals surface area contributed by atoms with Gasteiger partial charge in [0.15, 0.2) is 11.4 Å². The fourth-order valence-corrected chi connectivity index (χ4v) is 4.03. The van der Waals surface area contributed by atoms with E-state index in [1.165, 1.54) is 25.3 Å². The summed E-state index contributed by atoms with van der Waals surface area (Å²) >= 11 is 0. The number of benzene rings is 1. The lowest BCUT2D eigenvalue weighted by molar-refractivity contribution is -0.137. The molecule has 1 fully saturated rings. The van der Waals surface area contributed by atoms with Crippen LogP contribution < -0.4 is 5.73 Å². The van der Waals surface area contributed by atoms with Crippen molar-refractivity contribution >= 4 is 5.91 Å². The summed E-state index contributed by atoms with van der Waals surface area (Å²) in [7, 11) is 3.22. The molecular weight excluding hydrogens is 460 g/mol. The van der Waals surface area contributed by atoms with Crippen molar-refractivity contribution in [2.24, 2.45) is 5.73 Å². The van der Waals surface area contributed by atoms with Crippen LogP contribution in [0.25, 0.3) is 22.5 Å². The zero-order valence-electron chi connectivity index (χ0n) is 18.1. The van der Waals surface area contributed by atoms with E-state index < -0.39 is 46.7 Å². The fraction of sp³-hybridized carbons (Fsp3) is 0.318. The maximum Gasteiger partial charge on any atom is 0.416 e. The Kier molecular flexibility index (Phi) is 5.92. The van der Waals surface area contributed by atoms with E-state index in [-0.39, 0.29) is 22.6 Å². The molecule has 4 rings (SSSR count). The van der Waals surface area contributed by atoms with E-state index in [4.69, 9.17) is 15.0 Å². The Balaban J connectivity index is 1.77. The number of aromatic nitrogens is 2. The molecule has 0 saturated carbocycles. The number of aliphatic hydroxyl groups is 1. The molecule has 8 nitrogen and oxygen atoms in total. The normalized spacial score (nSPS) is 21.2. The average Bonchev–Trinajstić information content (AvgIpc) is 3.39. The van der Waals surface area contributed by atoms with Gasteiger partial charge in [-0.05, 0) is 37.4 Å². The highest BCUT2D eigenvalue weighted by atomic mass is 19.4. The molecular formula is C22H20F4N4O4. The lowest BCUT2D eigenvalue weighted by Gasteiger charge is -2.28. The second-order valence-electron chi connectivity index (χ2n) is 8.00. The average molecular weight is 480 g/mol. The minimum absolute atomic E-state index is 0.123. The molecule has 34 heavy (non-hydrogen) atoms. The van der Waals surface area contributed by atoms with Gasteiger partial charge in [0.25, 0.3) is 5.91 Å². The number of ether oxygens (including phenoxy) is 1. The second kappa shape index (κ2) is 8.46. The third-order valence-corrected chi connectivity index (χ3v) is 5.76. The molecule has 12 heteroatoms. The predicted octanol–water partition coefficient (Wildman–Crippen LogP) is 3.16. The number of carbonyl (C=O) groups is 1. The van der Waals surface area contributed by atoms with Crippen LogP contribution in [0, 0.1) is 5.82 Å². The first-order valence-electron chi connectivity index (χ1n) is 10.1. The highest BCUT2D eigenvalue weighted by Crippen LogP contribution is 2.39. The Labute approximate surface area is 190 Å². The molecule has 1 aromatic carbocycles. The lowest BCUT2D eigenvalue weighted by Crippen LogP contribution is -2.42. The summed E-state index contributed by atoms with van der Waals surface area (Å²) in [6.45, 7) is 0.537. The summed E-state index contributed by atoms with van der Waals surface area (Å²) in [5.74, 6) is -1.93. The van der Waals surface area contributed by atoms with E-state index in [1.54, 1.807) is 11.9 Å². The van der Waals surface area contributed by atoms with Crippen LogP contribution >= 0.6 is 0 Å². The largest absolute Gasteiger partial charge is 0.416 e. The fourth-order valence-electron chi connectivity index (χ4n) is 4.03. The molecule has 0 bridgehead atoms. The number of carbonyl (C=O) groups excluding carboxylic acids is 1. The number of primary amides is 1. The molecule has 3 heterocycles. The van der Waals surface area contributed by atoms with Gasteiger partial charge in [0.05, 0.1) is 11.3 Å². The van der Waals surface area contributed by atoms with Crippen LogP contribution in [0.5, 0.6) is 0 Å². The number of nitrogens with two attached hydrogens (primary N) is 1. The number of halogens is 4. The summed E-state index contributed by atoms with van der Waals surface area (Å²) in [6, 6.07) is 6.19. The smallest absolute Gasteiger partial charge is 0.378 e. The van der Waals surface area contributed by atoms with Crippen molar-refractivity contribution < 1.29 is 36.7 Å². The number of likely N-dealkylation sites (tertiary alicyclic amines) is 1. The summed E-state index contributed by atoms with van der Waals surface area (Å²) in [4.78, 5) is 17.1. The first-order chi connectivity index (χ1) is 15.9. The van der Waals surface area contributed by atoms with Gasteiger partial charge in [-0.1, -0.05) is 5.16 Å². The third-order valence-electron chi connectivity index (χ3n) is 5.76. The number of hydrogen-bond donors (Lipinski definition) is 2. The van der Waals surface area contributed by atoms with E-state index in [0.29, 0.717) is 25.1 Å². The van der Waals surface area contributed by atoms with Crippen molar-refractivity contribution in [2.75, 3.05) is 20.7 Å². The summed E-state index contributed by atoms with van der Waals surface area (Å²) < 4.78 is 65.3. The van der Waals surface area contributed by atoms with Gasteiger partial charge in [-0.2, -0.15) is 13.2 Å². The lowest BCUT2D eigenvalue weighted by atomic mass is 9.96.